The fourth-order valence-corrected chi connectivity index (χ4v) is 1.84. The molecule has 6 heteroatoms. The maximum Gasteiger partial charge on any atom is 0.333 e. The second kappa shape index (κ2) is 6.18. The normalized spacial score (nSPS) is 11.9. The predicted molar refractivity (Wildman–Crippen MR) is 72.7 cm³/mol. The summed E-state index contributed by atoms with van der Waals surface area (Å²) in [4.78, 5) is 11.9. The molecule has 0 saturated carbocycles. The lowest BCUT2D eigenvalue weighted by molar-refractivity contribution is -0.141. The molecule has 0 bridgehead atoms. The van der Waals surface area contributed by atoms with Gasteiger partial charge in [-0.2, -0.15) is 5.10 Å². The second-order valence-corrected chi connectivity index (χ2v) is 4.24. The number of aromatic nitrogens is 2. The van der Waals surface area contributed by atoms with Gasteiger partial charge >= 0.3 is 5.97 Å². The summed E-state index contributed by atoms with van der Waals surface area (Å²) in [6.45, 7) is 2.65. The van der Waals surface area contributed by atoms with Crippen LogP contribution in [0.5, 0.6) is 0 Å². The summed E-state index contributed by atoms with van der Waals surface area (Å²) >= 11 is 0. The smallest absolute Gasteiger partial charge is 0.333 e. The number of carbonyl (C=O) groups is 1. The first kappa shape index (κ1) is 14.0. The SMILES string of the molecule is CCn1cc(C(Nc2cccc(F)c2)C(=O)OC)cn1. The van der Waals surface area contributed by atoms with E-state index in [9.17, 15) is 9.18 Å². The van der Waals surface area contributed by atoms with Gasteiger partial charge in [-0.3, -0.25) is 4.68 Å². The number of hydrogen-bond acceptors (Lipinski definition) is 4. The van der Waals surface area contributed by atoms with Gasteiger partial charge in [0.1, 0.15) is 5.82 Å². The quantitative estimate of drug-likeness (QED) is 0.852. The molecule has 1 heterocycles. The van der Waals surface area contributed by atoms with Crippen LogP contribution in [0.3, 0.4) is 0 Å². The number of nitrogens with zero attached hydrogens (tertiary/aromatic N) is 2. The number of hydrogen-bond donors (Lipinski definition) is 1. The molecule has 0 aliphatic rings. The molecule has 0 aliphatic heterocycles. The van der Waals surface area contributed by atoms with Crippen molar-refractivity contribution in [3.05, 3.63) is 48.0 Å². The van der Waals surface area contributed by atoms with E-state index in [0.717, 1.165) is 0 Å². The first-order valence-corrected chi connectivity index (χ1v) is 6.26. The molecule has 106 valence electrons. The number of carbonyl (C=O) groups excluding carboxylic acids is 1. The monoisotopic (exact) mass is 277 g/mol. The number of rotatable bonds is 5. The molecule has 0 aliphatic carbocycles. The molecule has 0 saturated heterocycles. The largest absolute Gasteiger partial charge is 0.467 e. The van der Waals surface area contributed by atoms with E-state index in [1.165, 1.54) is 19.2 Å². The molecule has 1 aromatic heterocycles. The summed E-state index contributed by atoms with van der Waals surface area (Å²) < 4.78 is 19.7. The molecule has 2 aromatic rings. The van der Waals surface area contributed by atoms with Crippen molar-refractivity contribution in [2.75, 3.05) is 12.4 Å². The van der Waals surface area contributed by atoms with E-state index in [-0.39, 0.29) is 5.82 Å². The predicted octanol–water partition coefficient (Wildman–Crippen LogP) is 2.37. The van der Waals surface area contributed by atoms with E-state index in [1.807, 2.05) is 6.92 Å². The van der Waals surface area contributed by atoms with Gasteiger partial charge in [0.05, 0.1) is 13.3 Å². The van der Waals surface area contributed by atoms with Gasteiger partial charge in [-0.05, 0) is 25.1 Å². The first-order chi connectivity index (χ1) is 9.63. The molecule has 20 heavy (non-hydrogen) atoms. The Labute approximate surface area is 116 Å². The molecule has 5 nitrogen and oxygen atoms in total. The summed E-state index contributed by atoms with van der Waals surface area (Å²) in [5, 5.41) is 7.08. The summed E-state index contributed by atoms with van der Waals surface area (Å²) in [5.74, 6) is -0.826. The standard InChI is InChI=1S/C14H16FN3O2/c1-3-18-9-10(8-16-18)13(14(19)20-2)17-12-6-4-5-11(15)7-12/h4-9,13,17H,3H2,1-2H3. The lowest BCUT2D eigenvalue weighted by Gasteiger charge is -2.16. The van der Waals surface area contributed by atoms with Gasteiger partial charge in [-0.25, -0.2) is 9.18 Å². The Balaban J connectivity index is 2.26. The zero-order valence-corrected chi connectivity index (χ0v) is 11.3. The highest BCUT2D eigenvalue weighted by Gasteiger charge is 2.23. The van der Waals surface area contributed by atoms with Gasteiger partial charge in [0, 0.05) is 24.0 Å². The van der Waals surface area contributed by atoms with Gasteiger partial charge in [0.25, 0.3) is 0 Å². The molecule has 0 spiro atoms. The molecule has 1 atom stereocenters. The van der Waals surface area contributed by atoms with Crippen molar-refractivity contribution >= 4 is 11.7 Å². The van der Waals surface area contributed by atoms with Crippen molar-refractivity contribution in [3.63, 3.8) is 0 Å². The second-order valence-electron chi connectivity index (χ2n) is 4.24. The van der Waals surface area contributed by atoms with Crippen LogP contribution in [0.25, 0.3) is 0 Å². The van der Waals surface area contributed by atoms with Gasteiger partial charge in [-0.15, -0.1) is 0 Å². The first-order valence-electron chi connectivity index (χ1n) is 6.26. The van der Waals surface area contributed by atoms with E-state index in [0.29, 0.717) is 17.8 Å². The van der Waals surface area contributed by atoms with E-state index in [2.05, 4.69) is 10.4 Å². The van der Waals surface area contributed by atoms with Gasteiger partial charge in [0.2, 0.25) is 0 Å². The van der Waals surface area contributed by atoms with Gasteiger partial charge in [0.15, 0.2) is 6.04 Å². The highest BCUT2D eigenvalue weighted by Crippen LogP contribution is 2.21. The molecule has 0 fully saturated rings. The number of halogens is 1. The molecule has 1 aromatic carbocycles. The van der Waals surface area contributed by atoms with Crippen LogP contribution in [0, 0.1) is 5.82 Å². The number of ether oxygens (including phenoxy) is 1. The van der Waals surface area contributed by atoms with Gasteiger partial charge in [-0.1, -0.05) is 6.07 Å². The minimum Gasteiger partial charge on any atom is -0.467 e. The molecular formula is C14H16FN3O2. The lowest BCUT2D eigenvalue weighted by Crippen LogP contribution is -2.22. The highest BCUT2D eigenvalue weighted by molar-refractivity contribution is 5.80. The van der Waals surface area contributed by atoms with Crippen LogP contribution >= 0.6 is 0 Å². The summed E-state index contributed by atoms with van der Waals surface area (Å²) in [6.07, 6.45) is 3.35. The van der Waals surface area contributed by atoms with Crippen LogP contribution in [0.15, 0.2) is 36.7 Å². The molecule has 0 radical (unpaired) electrons. The lowest BCUT2D eigenvalue weighted by atomic mass is 10.1. The van der Waals surface area contributed by atoms with Crippen molar-refractivity contribution < 1.29 is 13.9 Å². The van der Waals surface area contributed by atoms with E-state index >= 15 is 0 Å². The number of esters is 1. The summed E-state index contributed by atoms with van der Waals surface area (Å²) in [6, 6.07) is 5.19. The molecule has 1 N–H and O–H groups in total. The van der Waals surface area contributed by atoms with Crippen LogP contribution in [-0.4, -0.2) is 22.9 Å². The third kappa shape index (κ3) is 3.14. The van der Waals surface area contributed by atoms with Crippen LogP contribution in [0.1, 0.15) is 18.5 Å². The van der Waals surface area contributed by atoms with Crippen molar-refractivity contribution in [2.45, 2.75) is 19.5 Å². The van der Waals surface area contributed by atoms with Crippen LogP contribution in [-0.2, 0) is 16.1 Å². The van der Waals surface area contributed by atoms with Crippen molar-refractivity contribution in [1.29, 1.82) is 0 Å². The highest BCUT2D eigenvalue weighted by atomic mass is 19.1. The third-order valence-electron chi connectivity index (χ3n) is 2.88. The number of aryl methyl sites for hydroxylation is 1. The van der Waals surface area contributed by atoms with Crippen molar-refractivity contribution in [3.8, 4) is 0 Å². The van der Waals surface area contributed by atoms with Crippen LogP contribution in [0.2, 0.25) is 0 Å². The number of nitrogens with one attached hydrogen (secondary N) is 1. The maximum atomic E-state index is 13.2. The van der Waals surface area contributed by atoms with E-state index in [1.54, 1.807) is 29.2 Å². The Morgan fingerprint density at radius 3 is 2.95 bits per heavy atom. The molecular weight excluding hydrogens is 261 g/mol. The van der Waals surface area contributed by atoms with E-state index in [4.69, 9.17) is 4.74 Å². The Morgan fingerprint density at radius 1 is 1.55 bits per heavy atom. The molecule has 2 rings (SSSR count). The fraction of sp³-hybridized carbons (Fsp3) is 0.286. The number of methoxy groups -OCH3 is 1. The van der Waals surface area contributed by atoms with Crippen LogP contribution in [0.4, 0.5) is 10.1 Å². The van der Waals surface area contributed by atoms with Crippen molar-refractivity contribution in [2.24, 2.45) is 0 Å². The minimum absolute atomic E-state index is 0.372. The zero-order valence-electron chi connectivity index (χ0n) is 11.3. The number of benzene rings is 1. The summed E-state index contributed by atoms with van der Waals surface area (Å²) in [5.41, 5.74) is 1.17. The topological polar surface area (TPSA) is 56.2 Å². The summed E-state index contributed by atoms with van der Waals surface area (Å²) in [7, 11) is 1.31. The third-order valence-corrected chi connectivity index (χ3v) is 2.88. The molecule has 1 unspecified atom stereocenters. The van der Waals surface area contributed by atoms with E-state index < -0.39 is 12.0 Å². The molecule has 0 amide bonds. The maximum absolute atomic E-state index is 13.2. The Kier molecular flexibility index (Phi) is 4.34. The number of anilines is 1. The Bertz CT molecular complexity index is 598. The van der Waals surface area contributed by atoms with Gasteiger partial charge < -0.3 is 10.1 Å². The van der Waals surface area contributed by atoms with Crippen LogP contribution < -0.4 is 5.32 Å². The average molecular weight is 277 g/mol. The Morgan fingerprint density at radius 2 is 2.35 bits per heavy atom. The Hall–Kier alpha value is -2.37. The minimum atomic E-state index is -0.720. The zero-order chi connectivity index (χ0) is 14.5. The van der Waals surface area contributed by atoms with Crippen molar-refractivity contribution in [1.82, 2.24) is 9.78 Å². The fourth-order valence-electron chi connectivity index (χ4n) is 1.84. The average Bonchev–Trinajstić information content (AvgIpc) is 2.92.